The SMILES string of the molecule is CCCCC1CCC(C2OCC(C#N)(OC(=O)OC3CCC(CC)CC3)CO2)CC1. The summed E-state index contributed by atoms with van der Waals surface area (Å²) in [6, 6.07) is 2.08. The van der Waals surface area contributed by atoms with Gasteiger partial charge in [0, 0.05) is 5.92 Å². The Kier molecular flexibility index (Phi) is 8.83. The Labute approximate surface area is 181 Å². The highest BCUT2D eigenvalue weighted by Gasteiger charge is 2.44. The molecular weight excluding hydrogens is 382 g/mol. The number of nitriles is 1. The van der Waals surface area contributed by atoms with Gasteiger partial charge in [-0.1, -0.05) is 39.5 Å². The summed E-state index contributed by atoms with van der Waals surface area (Å²) in [4.78, 5) is 12.3. The van der Waals surface area contributed by atoms with Crippen molar-refractivity contribution in [3.63, 3.8) is 0 Å². The lowest BCUT2D eigenvalue weighted by Crippen LogP contribution is -2.51. The molecule has 2 saturated carbocycles. The van der Waals surface area contributed by atoms with Gasteiger partial charge in [-0.05, 0) is 63.2 Å². The fourth-order valence-corrected chi connectivity index (χ4v) is 5.16. The average molecular weight is 422 g/mol. The van der Waals surface area contributed by atoms with Crippen molar-refractivity contribution in [2.24, 2.45) is 17.8 Å². The topological polar surface area (TPSA) is 77.8 Å². The Bertz CT molecular complexity index is 565. The number of nitrogens with zero attached hydrogens (tertiary/aromatic N) is 1. The molecule has 1 aliphatic heterocycles. The standard InChI is InChI=1S/C24H39NO5/c1-3-5-6-19-7-11-20(12-8-19)22-27-16-24(15-25,17-28-22)30-23(26)29-21-13-9-18(4-2)10-14-21/h18-22H,3-14,16-17H2,1-2H3. The van der Waals surface area contributed by atoms with E-state index in [1.807, 2.05) is 0 Å². The molecule has 3 fully saturated rings. The maximum absolute atomic E-state index is 12.3. The molecule has 0 aromatic rings. The van der Waals surface area contributed by atoms with Gasteiger partial charge in [0.1, 0.15) is 25.4 Å². The largest absolute Gasteiger partial charge is 0.510 e. The van der Waals surface area contributed by atoms with Gasteiger partial charge < -0.3 is 18.9 Å². The van der Waals surface area contributed by atoms with Crippen molar-refractivity contribution >= 4 is 6.16 Å². The van der Waals surface area contributed by atoms with Crippen LogP contribution in [0.1, 0.15) is 90.9 Å². The third-order valence-corrected chi connectivity index (χ3v) is 7.32. The van der Waals surface area contributed by atoms with E-state index in [1.165, 1.54) is 38.5 Å². The normalized spacial score (nSPS) is 37.2. The van der Waals surface area contributed by atoms with Gasteiger partial charge in [-0.3, -0.25) is 0 Å². The van der Waals surface area contributed by atoms with Crippen LogP contribution in [0.2, 0.25) is 0 Å². The molecule has 0 N–H and O–H groups in total. The Morgan fingerprint density at radius 2 is 1.63 bits per heavy atom. The molecule has 6 heteroatoms. The number of hydrogen-bond acceptors (Lipinski definition) is 6. The molecule has 0 bridgehead atoms. The smallest absolute Gasteiger partial charge is 0.431 e. The van der Waals surface area contributed by atoms with E-state index >= 15 is 0 Å². The minimum absolute atomic E-state index is 0.0433. The second-order valence-corrected chi connectivity index (χ2v) is 9.54. The van der Waals surface area contributed by atoms with Crippen LogP contribution in [0.25, 0.3) is 0 Å². The van der Waals surface area contributed by atoms with E-state index < -0.39 is 11.8 Å². The lowest BCUT2D eigenvalue weighted by Gasteiger charge is -2.39. The van der Waals surface area contributed by atoms with Crippen molar-refractivity contribution in [2.45, 2.75) is 109 Å². The van der Waals surface area contributed by atoms with E-state index in [-0.39, 0.29) is 25.6 Å². The predicted molar refractivity (Wildman–Crippen MR) is 113 cm³/mol. The van der Waals surface area contributed by atoms with Crippen molar-refractivity contribution in [3.8, 4) is 6.07 Å². The van der Waals surface area contributed by atoms with E-state index in [4.69, 9.17) is 18.9 Å². The first-order valence-electron chi connectivity index (χ1n) is 12.1. The van der Waals surface area contributed by atoms with Crippen LogP contribution in [0.5, 0.6) is 0 Å². The summed E-state index contributed by atoms with van der Waals surface area (Å²) in [6.07, 6.45) is 12.4. The van der Waals surface area contributed by atoms with Crippen LogP contribution in [0, 0.1) is 29.1 Å². The van der Waals surface area contributed by atoms with Crippen LogP contribution < -0.4 is 0 Å². The van der Waals surface area contributed by atoms with Crippen molar-refractivity contribution in [1.82, 2.24) is 0 Å². The molecule has 3 rings (SSSR count). The maximum Gasteiger partial charge on any atom is 0.510 e. The fraction of sp³-hybridized carbons (Fsp3) is 0.917. The van der Waals surface area contributed by atoms with Crippen LogP contribution in [0.4, 0.5) is 4.79 Å². The predicted octanol–water partition coefficient (Wildman–Crippen LogP) is 5.74. The van der Waals surface area contributed by atoms with E-state index in [0.29, 0.717) is 5.92 Å². The van der Waals surface area contributed by atoms with E-state index in [9.17, 15) is 10.1 Å². The molecule has 0 aromatic heterocycles. The Hall–Kier alpha value is -1.32. The molecule has 0 unspecified atom stereocenters. The van der Waals surface area contributed by atoms with Gasteiger partial charge in [-0.2, -0.15) is 5.26 Å². The zero-order valence-corrected chi connectivity index (χ0v) is 18.8. The highest BCUT2D eigenvalue weighted by Crippen LogP contribution is 2.37. The number of rotatable bonds is 7. The maximum atomic E-state index is 12.3. The van der Waals surface area contributed by atoms with Gasteiger partial charge in [0.2, 0.25) is 5.60 Å². The molecule has 30 heavy (non-hydrogen) atoms. The summed E-state index contributed by atoms with van der Waals surface area (Å²) < 4.78 is 22.7. The molecular formula is C24H39NO5. The second-order valence-electron chi connectivity index (χ2n) is 9.54. The van der Waals surface area contributed by atoms with E-state index in [2.05, 4.69) is 19.9 Å². The average Bonchev–Trinajstić information content (AvgIpc) is 2.79. The summed E-state index contributed by atoms with van der Waals surface area (Å²) in [7, 11) is 0. The number of carbonyl (C=O) groups excluding carboxylic acids is 1. The van der Waals surface area contributed by atoms with Crippen molar-refractivity contribution < 1.29 is 23.7 Å². The summed E-state index contributed by atoms with van der Waals surface area (Å²) in [6.45, 7) is 4.53. The molecule has 0 amide bonds. The first-order valence-corrected chi connectivity index (χ1v) is 12.1. The molecule has 0 radical (unpaired) electrons. The number of ether oxygens (including phenoxy) is 4. The number of carbonyl (C=O) groups is 1. The first-order chi connectivity index (χ1) is 14.6. The lowest BCUT2D eigenvalue weighted by atomic mass is 9.79. The van der Waals surface area contributed by atoms with Crippen LogP contribution >= 0.6 is 0 Å². The quantitative estimate of drug-likeness (QED) is 0.488. The monoisotopic (exact) mass is 421 g/mol. The summed E-state index contributed by atoms with van der Waals surface area (Å²) in [5, 5.41) is 9.63. The van der Waals surface area contributed by atoms with Crippen LogP contribution in [-0.4, -0.2) is 37.4 Å². The summed E-state index contributed by atoms with van der Waals surface area (Å²) in [5.41, 5.74) is -1.41. The number of hydrogen-bond donors (Lipinski definition) is 0. The Morgan fingerprint density at radius 3 is 2.20 bits per heavy atom. The molecule has 1 heterocycles. The molecule has 1 saturated heterocycles. The third kappa shape index (κ3) is 6.34. The van der Waals surface area contributed by atoms with E-state index in [1.54, 1.807) is 0 Å². The summed E-state index contributed by atoms with van der Waals surface area (Å²) >= 11 is 0. The second kappa shape index (κ2) is 11.3. The molecule has 2 aliphatic carbocycles. The van der Waals surface area contributed by atoms with Crippen molar-refractivity contribution in [1.29, 1.82) is 5.26 Å². The molecule has 6 nitrogen and oxygen atoms in total. The molecule has 0 aromatic carbocycles. The minimum atomic E-state index is -1.41. The van der Waals surface area contributed by atoms with Crippen LogP contribution in [-0.2, 0) is 18.9 Å². The van der Waals surface area contributed by atoms with Crippen molar-refractivity contribution in [3.05, 3.63) is 0 Å². The van der Waals surface area contributed by atoms with Gasteiger partial charge in [0.15, 0.2) is 6.29 Å². The van der Waals surface area contributed by atoms with Crippen molar-refractivity contribution in [2.75, 3.05) is 13.2 Å². The molecule has 170 valence electrons. The van der Waals surface area contributed by atoms with Gasteiger partial charge >= 0.3 is 6.16 Å². The minimum Gasteiger partial charge on any atom is -0.431 e. The van der Waals surface area contributed by atoms with Gasteiger partial charge in [0.05, 0.1) is 0 Å². The molecule has 0 atom stereocenters. The first kappa shape index (κ1) is 23.3. The third-order valence-electron chi connectivity index (χ3n) is 7.32. The highest BCUT2D eigenvalue weighted by atomic mass is 16.8. The number of unbranched alkanes of at least 4 members (excludes halogenated alkanes) is 1. The lowest BCUT2D eigenvalue weighted by molar-refractivity contribution is -0.261. The van der Waals surface area contributed by atoms with Gasteiger partial charge in [0.25, 0.3) is 0 Å². The van der Waals surface area contributed by atoms with Crippen LogP contribution in [0.3, 0.4) is 0 Å². The Balaban J connectivity index is 1.40. The summed E-state index contributed by atoms with van der Waals surface area (Å²) in [5.74, 6) is 1.92. The Morgan fingerprint density at radius 1 is 1.00 bits per heavy atom. The van der Waals surface area contributed by atoms with Crippen LogP contribution in [0.15, 0.2) is 0 Å². The molecule has 0 spiro atoms. The van der Waals surface area contributed by atoms with Gasteiger partial charge in [-0.25, -0.2) is 4.79 Å². The van der Waals surface area contributed by atoms with E-state index in [0.717, 1.165) is 50.4 Å². The fourth-order valence-electron chi connectivity index (χ4n) is 5.16. The molecule has 3 aliphatic rings. The highest BCUT2D eigenvalue weighted by molar-refractivity contribution is 5.61. The zero-order valence-electron chi connectivity index (χ0n) is 18.8. The van der Waals surface area contributed by atoms with Gasteiger partial charge in [-0.15, -0.1) is 0 Å². The zero-order chi connectivity index (χ0) is 21.4.